The Morgan fingerprint density at radius 1 is 1.29 bits per heavy atom. The summed E-state index contributed by atoms with van der Waals surface area (Å²) < 4.78 is 3.72. The average Bonchev–Trinajstić information content (AvgIpc) is 3.27. The van der Waals surface area contributed by atoms with Crippen molar-refractivity contribution < 1.29 is 4.79 Å². The third-order valence-electron chi connectivity index (χ3n) is 8.20. The molecule has 0 unspecified atom stereocenters. The van der Waals surface area contributed by atoms with Crippen LogP contribution in [-0.2, 0) is 6.54 Å². The molecule has 3 aromatic rings. The van der Waals surface area contributed by atoms with E-state index in [1.54, 1.807) is 6.20 Å². The van der Waals surface area contributed by atoms with Crippen LogP contribution in [0, 0.1) is 16.7 Å². The van der Waals surface area contributed by atoms with E-state index in [0.29, 0.717) is 29.5 Å². The largest absolute Gasteiger partial charge is 0.383 e. The molecule has 9 nitrogen and oxygen atoms in total. The van der Waals surface area contributed by atoms with Crippen LogP contribution in [0.2, 0.25) is 0 Å². The van der Waals surface area contributed by atoms with Crippen molar-refractivity contribution in [3.8, 4) is 17.3 Å². The molecule has 38 heavy (non-hydrogen) atoms. The van der Waals surface area contributed by atoms with Gasteiger partial charge in [-0.15, -0.1) is 0 Å². The molecular formula is C29H36N8O. The lowest BCUT2D eigenvalue weighted by molar-refractivity contribution is 0.0673. The van der Waals surface area contributed by atoms with Crippen molar-refractivity contribution in [2.24, 2.45) is 5.41 Å². The number of urea groups is 1. The number of benzene rings is 1. The molecule has 3 fully saturated rings. The number of amides is 2. The summed E-state index contributed by atoms with van der Waals surface area (Å²) in [5, 5.41) is 22.3. The lowest BCUT2D eigenvalue weighted by Crippen LogP contribution is -2.49. The number of likely N-dealkylation sites (tertiary alicyclic amines) is 1. The molecule has 1 spiro atoms. The molecule has 1 aromatic carbocycles. The molecule has 3 N–H and O–H groups in total. The van der Waals surface area contributed by atoms with Gasteiger partial charge in [0.1, 0.15) is 23.1 Å². The normalized spacial score (nSPS) is 22.9. The van der Waals surface area contributed by atoms with Gasteiger partial charge in [-0.25, -0.2) is 9.48 Å². The molecule has 3 heterocycles. The second-order valence-electron chi connectivity index (χ2n) is 12.5. The van der Waals surface area contributed by atoms with Crippen molar-refractivity contribution in [2.75, 3.05) is 18.8 Å². The number of hydrogen-bond acceptors (Lipinski definition) is 5. The Morgan fingerprint density at radius 3 is 2.79 bits per heavy atom. The zero-order valence-electron chi connectivity index (χ0n) is 22.4. The van der Waals surface area contributed by atoms with Crippen LogP contribution in [0.3, 0.4) is 0 Å². The predicted octanol–water partition coefficient (Wildman–Crippen LogP) is 4.66. The first kappa shape index (κ1) is 24.5. The van der Waals surface area contributed by atoms with Gasteiger partial charge in [-0.05, 0) is 75.3 Å². The molecule has 2 aromatic heterocycles. The van der Waals surface area contributed by atoms with Gasteiger partial charge in [-0.2, -0.15) is 15.5 Å². The van der Waals surface area contributed by atoms with Crippen LogP contribution >= 0.6 is 0 Å². The van der Waals surface area contributed by atoms with Crippen molar-refractivity contribution in [2.45, 2.75) is 76.9 Å². The summed E-state index contributed by atoms with van der Waals surface area (Å²) in [5.74, 6) is 1.12. The number of anilines is 1. The van der Waals surface area contributed by atoms with Gasteiger partial charge in [0.05, 0.1) is 18.8 Å². The Hall–Kier alpha value is -3.80. The van der Waals surface area contributed by atoms with Crippen molar-refractivity contribution in [3.63, 3.8) is 0 Å². The molecule has 0 atom stereocenters. The molecule has 0 bridgehead atoms. The molecule has 6 rings (SSSR count). The standard InChI is InChI=1S/C29H36N8O/c1-28(2,3)33-27(38)35-10-9-29(18-35)12-23(13-29)37-26(31)24(14-30)25(34-37)22-15-32-36(17-22)16-19-5-4-6-21(11-19)20-7-8-20/h4-6,11,15,17,20,23H,7-10,12-13,16,18,31H2,1-3H3,(H,33,38)/t23-,29-. The highest BCUT2D eigenvalue weighted by molar-refractivity contribution is 5.75. The summed E-state index contributed by atoms with van der Waals surface area (Å²) in [6.07, 6.45) is 9.06. The zero-order valence-corrected chi connectivity index (χ0v) is 22.4. The number of rotatable bonds is 5. The van der Waals surface area contributed by atoms with Crippen LogP contribution in [0.25, 0.3) is 11.3 Å². The third-order valence-corrected chi connectivity index (χ3v) is 8.20. The van der Waals surface area contributed by atoms with Crippen LogP contribution in [0.4, 0.5) is 10.6 Å². The Balaban J connectivity index is 1.15. The fourth-order valence-electron chi connectivity index (χ4n) is 6.11. The maximum Gasteiger partial charge on any atom is 0.317 e. The van der Waals surface area contributed by atoms with Crippen LogP contribution < -0.4 is 11.1 Å². The summed E-state index contributed by atoms with van der Waals surface area (Å²) in [6.45, 7) is 8.18. The van der Waals surface area contributed by atoms with Crippen LogP contribution in [0.5, 0.6) is 0 Å². The summed E-state index contributed by atoms with van der Waals surface area (Å²) in [7, 11) is 0. The Kier molecular flexibility index (Phi) is 5.74. The molecule has 198 valence electrons. The van der Waals surface area contributed by atoms with Gasteiger partial charge in [-0.1, -0.05) is 24.3 Å². The van der Waals surface area contributed by atoms with Crippen molar-refractivity contribution >= 4 is 11.8 Å². The van der Waals surface area contributed by atoms with E-state index in [2.05, 4.69) is 40.8 Å². The lowest BCUT2D eigenvalue weighted by atomic mass is 9.65. The first-order chi connectivity index (χ1) is 18.1. The SMILES string of the molecule is CC(C)(C)NC(=O)N1CC[C@]2(C1)C[C@H](n1nc(-c3cnn(Cc4cccc(C5CC5)c4)c3)c(C#N)c1N)C2. The van der Waals surface area contributed by atoms with Crippen LogP contribution in [-0.4, -0.2) is 49.1 Å². The van der Waals surface area contributed by atoms with Gasteiger partial charge in [0.25, 0.3) is 0 Å². The monoisotopic (exact) mass is 512 g/mol. The zero-order chi connectivity index (χ0) is 26.7. The molecule has 2 amide bonds. The lowest BCUT2D eigenvalue weighted by Gasteiger charge is -2.45. The Labute approximate surface area is 223 Å². The van der Waals surface area contributed by atoms with Gasteiger partial charge in [0.15, 0.2) is 0 Å². The number of hydrogen-bond donors (Lipinski definition) is 2. The number of nitrogens with zero attached hydrogens (tertiary/aromatic N) is 6. The number of nitrogens with two attached hydrogens (primary N) is 1. The van der Waals surface area contributed by atoms with Gasteiger partial charge >= 0.3 is 6.03 Å². The molecule has 1 saturated heterocycles. The van der Waals surface area contributed by atoms with Crippen molar-refractivity contribution in [1.82, 2.24) is 29.8 Å². The maximum absolute atomic E-state index is 12.6. The molecule has 3 aliphatic rings. The van der Waals surface area contributed by atoms with E-state index in [0.717, 1.165) is 37.9 Å². The number of aromatic nitrogens is 4. The van der Waals surface area contributed by atoms with E-state index in [-0.39, 0.29) is 23.0 Å². The number of nitrogen functional groups attached to an aromatic ring is 1. The van der Waals surface area contributed by atoms with Gasteiger partial charge < -0.3 is 16.0 Å². The highest BCUT2D eigenvalue weighted by atomic mass is 16.2. The number of nitriles is 1. The second kappa shape index (κ2) is 8.90. The quantitative estimate of drug-likeness (QED) is 0.515. The summed E-state index contributed by atoms with van der Waals surface area (Å²) in [4.78, 5) is 14.6. The Morgan fingerprint density at radius 2 is 2.08 bits per heavy atom. The number of carbonyl (C=O) groups is 1. The first-order valence-electron chi connectivity index (χ1n) is 13.6. The van der Waals surface area contributed by atoms with Crippen LogP contribution in [0.1, 0.15) is 81.5 Å². The topological polar surface area (TPSA) is 118 Å². The molecule has 9 heteroatoms. The van der Waals surface area contributed by atoms with Gasteiger partial charge in [0.2, 0.25) is 0 Å². The Bertz CT molecular complexity index is 1410. The number of nitrogens with one attached hydrogen (secondary N) is 1. The minimum atomic E-state index is -0.253. The molecular weight excluding hydrogens is 476 g/mol. The van der Waals surface area contributed by atoms with E-state index in [9.17, 15) is 10.1 Å². The van der Waals surface area contributed by atoms with Crippen molar-refractivity contribution in [3.05, 3.63) is 53.3 Å². The molecule has 0 radical (unpaired) electrons. The average molecular weight is 513 g/mol. The molecule has 1 aliphatic heterocycles. The summed E-state index contributed by atoms with van der Waals surface area (Å²) >= 11 is 0. The van der Waals surface area contributed by atoms with E-state index >= 15 is 0 Å². The maximum atomic E-state index is 12.6. The summed E-state index contributed by atoms with van der Waals surface area (Å²) in [5.41, 5.74) is 10.7. The van der Waals surface area contributed by atoms with Gasteiger partial charge in [0, 0.05) is 30.4 Å². The van der Waals surface area contributed by atoms with Gasteiger partial charge in [-0.3, -0.25) is 4.68 Å². The highest BCUT2D eigenvalue weighted by Gasteiger charge is 2.51. The minimum Gasteiger partial charge on any atom is -0.383 e. The van der Waals surface area contributed by atoms with E-state index in [4.69, 9.17) is 10.8 Å². The van der Waals surface area contributed by atoms with E-state index in [1.807, 2.05) is 41.2 Å². The van der Waals surface area contributed by atoms with Crippen molar-refractivity contribution in [1.29, 1.82) is 5.26 Å². The number of carbonyl (C=O) groups excluding carboxylic acids is 1. The molecule has 2 saturated carbocycles. The minimum absolute atomic E-state index is 0.00163. The third kappa shape index (κ3) is 4.64. The fourth-order valence-corrected chi connectivity index (χ4v) is 6.11. The van der Waals surface area contributed by atoms with E-state index in [1.165, 1.54) is 24.0 Å². The fraction of sp³-hybridized carbons (Fsp3) is 0.517. The predicted molar refractivity (Wildman–Crippen MR) is 145 cm³/mol. The highest BCUT2D eigenvalue weighted by Crippen LogP contribution is 2.54. The van der Waals surface area contributed by atoms with Crippen LogP contribution in [0.15, 0.2) is 36.7 Å². The second-order valence-corrected chi connectivity index (χ2v) is 12.5. The van der Waals surface area contributed by atoms with E-state index < -0.39 is 0 Å². The smallest absolute Gasteiger partial charge is 0.317 e. The molecule has 2 aliphatic carbocycles. The first-order valence-corrected chi connectivity index (χ1v) is 13.6. The summed E-state index contributed by atoms with van der Waals surface area (Å²) in [6, 6.07) is 11.1.